The molecule has 0 atom stereocenters. The Hall–Kier alpha value is -5.69. The number of hydrogen-bond donors (Lipinski definition) is 2. The van der Waals surface area contributed by atoms with Crippen molar-refractivity contribution in [3.63, 3.8) is 0 Å². The maximum atomic E-state index is 12.8. The molecule has 59 heavy (non-hydrogen) atoms. The van der Waals surface area contributed by atoms with E-state index < -0.39 is 11.2 Å². The van der Waals surface area contributed by atoms with E-state index in [4.69, 9.17) is 11.6 Å². The second-order valence-corrected chi connectivity index (χ2v) is 16.2. The maximum absolute atomic E-state index is 12.8. The van der Waals surface area contributed by atoms with Crippen LogP contribution < -0.4 is 11.1 Å². The first kappa shape index (κ1) is 41.5. The van der Waals surface area contributed by atoms with Crippen LogP contribution in [0.3, 0.4) is 0 Å². The largest absolute Gasteiger partial charge is 0.388 e. The Kier molecular flexibility index (Phi) is 13.0. The fourth-order valence-electron chi connectivity index (χ4n) is 7.87. The molecule has 4 aromatic carbocycles. The van der Waals surface area contributed by atoms with E-state index >= 15 is 0 Å². The molecule has 2 amide bonds. The van der Waals surface area contributed by atoms with Gasteiger partial charge in [0, 0.05) is 44.0 Å². The summed E-state index contributed by atoms with van der Waals surface area (Å²) in [6.07, 6.45) is 7.06. The van der Waals surface area contributed by atoms with E-state index in [0.29, 0.717) is 98.0 Å². The number of aromatic nitrogens is 4. The van der Waals surface area contributed by atoms with Gasteiger partial charge in [0.1, 0.15) is 0 Å². The molecule has 0 saturated carbocycles. The summed E-state index contributed by atoms with van der Waals surface area (Å²) in [7, 11) is 0. The van der Waals surface area contributed by atoms with Gasteiger partial charge in [0.05, 0.1) is 58.8 Å². The molecule has 0 unspecified atom stereocenters. The second kappa shape index (κ2) is 18.5. The van der Waals surface area contributed by atoms with Crippen LogP contribution in [0.5, 0.6) is 0 Å². The highest BCUT2D eigenvalue weighted by Gasteiger charge is 2.36. The Labute approximate surface area is 347 Å². The number of amides is 2. The maximum Gasteiger partial charge on any atom is 0.261 e. The Balaban J connectivity index is 0.000000179. The van der Waals surface area contributed by atoms with Crippen molar-refractivity contribution in [1.82, 2.24) is 28.9 Å². The number of carbonyl (C=O) groups excluding carboxylic acids is 2. The number of benzene rings is 4. The molecule has 12 nitrogen and oxygen atoms in total. The molecule has 2 saturated heterocycles. The topological polar surface area (TPSA) is 151 Å². The molecule has 8 rings (SSSR count). The van der Waals surface area contributed by atoms with Crippen LogP contribution in [0.15, 0.2) is 125 Å². The van der Waals surface area contributed by atoms with Crippen LogP contribution in [0, 0.1) is 0 Å². The summed E-state index contributed by atoms with van der Waals surface area (Å²) in [5.41, 5.74) is 1.08. The van der Waals surface area contributed by atoms with Crippen molar-refractivity contribution in [2.45, 2.75) is 75.7 Å². The Morgan fingerprint density at radius 1 is 0.576 bits per heavy atom. The lowest BCUT2D eigenvalue weighted by molar-refractivity contribution is -0.136. The van der Waals surface area contributed by atoms with Crippen LogP contribution >= 0.6 is 11.6 Å². The Bertz CT molecular complexity index is 2510. The highest BCUT2D eigenvalue weighted by molar-refractivity contribution is 6.31. The Morgan fingerprint density at radius 3 is 1.49 bits per heavy atom. The van der Waals surface area contributed by atoms with Gasteiger partial charge in [-0.15, -0.1) is 0 Å². The molecule has 0 bridgehead atoms. The SMILES string of the molecule is O=C(CCc1ccccc1)N1CCC(O)(Cn2cnc3cc(Cl)ccc3c2=O)CC1.O=C(CCc1ccccc1)N1CCC(O)(Cn2cnc3ccccc3c2=O)CC1. The summed E-state index contributed by atoms with van der Waals surface area (Å²) < 4.78 is 2.93. The predicted molar refractivity (Wildman–Crippen MR) is 228 cm³/mol. The van der Waals surface area contributed by atoms with Gasteiger partial charge in [0.15, 0.2) is 0 Å². The minimum atomic E-state index is -1.04. The molecule has 0 radical (unpaired) electrons. The van der Waals surface area contributed by atoms with Gasteiger partial charge in [-0.05, 0) is 80.0 Å². The monoisotopic (exact) mass is 816 g/mol. The summed E-state index contributed by atoms with van der Waals surface area (Å²) in [5, 5.41) is 23.6. The van der Waals surface area contributed by atoms with Crippen molar-refractivity contribution in [3.8, 4) is 0 Å². The number of fused-ring (bicyclic) bond motifs is 2. The van der Waals surface area contributed by atoms with E-state index in [9.17, 15) is 29.4 Å². The molecule has 2 N–H and O–H groups in total. The second-order valence-electron chi connectivity index (χ2n) is 15.7. The van der Waals surface area contributed by atoms with Crippen molar-refractivity contribution >= 4 is 45.2 Å². The summed E-state index contributed by atoms with van der Waals surface area (Å²) in [5.74, 6) is 0.211. The van der Waals surface area contributed by atoms with Gasteiger partial charge >= 0.3 is 0 Å². The van der Waals surface area contributed by atoms with Crippen LogP contribution in [0.25, 0.3) is 21.8 Å². The van der Waals surface area contributed by atoms with Crippen LogP contribution in [-0.2, 0) is 35.5 Å². The van der Waals surface area contributed by atoms with Crippen LogP contribution in [0.2, 0.25) is 5.02 Å². The average Bonchev–Trinajstić information content (AvgIpc) is 3.25. The Morgan fingerprint density at radius 2 is 1.00 bits per heavy atom. The van der Waals surface area contributed by atoms with Crippen LogP contribution in [0.1, 0.15) is 49.7 Å². The lowest BCUT2D eigenvalue weighted by atomic mass is 9.91. The third-order valence-electron chi connectivity index (χ3n) is 11.5. The van der Waals surface area contributed by atoms with Crippen molar-refractivity contribution < 1.29 is 19.8 Å². The molecular weight excluding hydrogens is 768 g/mol. The smallest absolute Gasteiger partial charge is 0.261 e. The molecule has 6 aromatic rings. The molecule has 0 spiro atoms. The minimum absolute atomic E-state index is 0.0994. The van der Waals surface area contributed by atoms with Gasteiger partial charge in [0.2, 0.25) is 11.8 Å². The van der Waals surface area contributed by atoms with E-state index in [1.807, 2.05) is 77.7 Å². The summed E-state index contributed by atoms with van der Waals surface area (Å²) >= 11 is 5.96. The predicted octanol–water partition coefficient (Wildman–Crippen LogP) is 5.42. The number of carbonyl (C=O) groups is 2. The summed E-state index contributed by atoms with van der Waals surface area (Å²) in [4.78, 5) is 62.7. The van der Waals surface area contributed by atoms with Gasteiger partial charge in [0.25, 0.3) is 11.1 Å². The number of halogens is 1. The number of piperidine rings is 2. The van der Waals surface area contributed by atoms with E-state index in [2.05, 4.69) is 9.97 Å². The van der Waals surface area contributed by atoms with Gasteiger partial charge in [-0.2, -0.15) is 0 Å². The molecular formula is C46H49ClN6O6. The lowest BCUT2D eigenvalue weighted by Gasteiger charge is -2.38. The normalized spacial score (nSPS) is 16.1. The molecule has 2 aliphatic rings. The lowest BCUT2D eigenvalue weighted by Crippen LogP contribution is -2.49. The zero-order chi connectivity index (χ0) is 41.4. The highest BCUT2D eigenvalue weighted by Crippen LogP contribution is 2.26. The first-order valence-corrected chi connectivity index (χ1v) is 20.5. The molecule has 0 aliphatic carbocycles. The van der Waals surface area contributed by atoms with Crippen molar-refractivity contribution in [3.05, 3.63) is 153 Å². The molecule has 306 valence electrons. The van der Waals surface area contributed by atoms with Crippen molar-refractivity contribution in [2.75, 3.05) is 26.2 Å². The summed E-state index contributed by atoms with van der Waals surface area (Å²) in [6.45, 7) is 2.31. The fraction of sp³-hybridized carbons (Fsp3) is 0.348. The summed E-state index contributed by atoms with van der Waals surface area (Å²) in [6, 6.07) is 32.1. The third-order valence-corrected chi connectivity index (χ3v) is 11.7. The first-order valence-electron chi connectivity index (χ1n) is 20.1. The number of nitrogens with zero attached hydrogens (tertiary/aromatic N) is 6. The van der Waals surface area contributed by atoms with Crippen LogP contribution in [-0.4, -0.2) is 88.3 Å². The molecule has 2 fully saturated rings. The van der Waals surface area contributed by atoms with Gasteiger partial charge in [-0.3, -0.25) is 28.3 Å². The number of likely N-dealkylation sites (tertiary alicyclic amines) is 2. The molecule has 13 heteroatoms. The number of rotatable bonds is 10. The van der Waals surface area contributed by atoms with E-state index in [1.165, 1.54) is 21.8 Å². The zero-order valence-electron chi connectivity index (χ0n) is 33.0. The van der Waals surface area contributed by atoms with Crippen LogP contribution in [0.4, 0.5) is 0 Å². The van der Waals surface area contributed by atoms with E-state index in [0.717, 1.165) is 17.5 Å². The molecule has 4 heterocycles. The van der Waals surface area contributed by atoms with E-state index in [-0.39, 0.29) is 36.0 Å². The number of hydrogen-bond acceptors (Lipinski definition) is 8. The standard InChI is InChI=1S/C23H24ClN3O3.C23H25N3O3/c24-18-7-8-19-20(14-18)25-16-27(22(19)29)15-23(30)10-12-26(13-11-23)21(28)9-6-17-4-2-1-3-5-17;27-21(11-10-18-6-2-1-3-7-18)25-14-12-23(29,13-15-25)16-26-17-24-20-9-5-4-8-19(20)22(26)28/h1-5,7-8,14,16,30H,6,9-13,15H2;1-9,17,29H,10-16H2. The number of para-hydroxylation sites is 1. The highest BCUT2D eigenvalue weighted by atomic mass is 35.5. The van der Waals surface area contributed by atoms with Crippen molar-refractivity contribution in [2.24, 2.45) is 0 Å². The quantitative estimate of drug-likeness (QED) is 0.186. The molecule has 2 aromatic heterocycles. The van der Waals surface area contributed by atoms with E-state index in [1.54, 1.807) is 35.2 Å². The molecule has 2 aliphatic heterocycles. The van der Waals surface area contributed by atoms with Gasteiger partial charge < -0.3 is 20.0 Å². The first-order chi connectivity index (χ1) is 28.5. The minimum Gasteiger partial charge on any atom is -0.388 e. The zero-order valence-corrected chi connectivity index (χ0v) is 33.7. The van der Waals surface area contributed by atoms with Gasteiger partial charge in [-0.1, -0.05) is 84.4 Å². The third kappa shape index (κ3) is 10.5. The number of aliphatic hydroxyl groups is 2. The van der Waals surface area contributed by atoms with Crippen molar-refractivity contribution in [1.29, 1.82) is 0 Å². The van der Waals surface area contributed by atoms with Gasteiger partial charge in [-0.25, -0.2) is 9.97 Å². The number of aryl methyl sites for hydroxylation is 2. The fourth-order valence-corrected chi connectivity index (χ4v) is 8.03. The average molecular weight is 817 g/mol.